The monoisotopic (exact) mass is 440 g/mol. The van der Waals surface area contributed by atoms with Gasteiger partial charge in [0.15, 0.2) is 5.82 Å². The van der Waals surface area contributed by atoms with Crippen molar-refractivity contribution in [3.63, 3.8) is 0 Å². The molecule has 0 spiro atoms. The van der Waals surface area contributed by atoms with Crippen molar-refractivity contribution in [1.29, 1.82) is 0 Å². The van der Waals surface area contributed by atoms with Crippen molar-refractivity contribution >= 4 is 45.5 Å². The molecule has 2 N–H and O–H groups in total. The van der Waals surface area contributed by atoms with Gasteiger partial charge in [0, 0.05) is 55.9 Å². The maximum Gasteiger partial charge on any atom is 0.308 e. The molecule has 0 fully saturated rings. The first-order valence-electron chi connectivity index (χ1n) is 9.64. The van der Waals surface area contributed by atoms with Crippen molar-refractivity contribution in [3.05, 3.63) is 41.4 Å². The van der Waals surface area contributed by atoms with E-state index in [-0.39, 0.29) is 5.91 Å². The van der Waals surface area contributed by atoms with Crippen molar-refractivity contribution < 1.29 is 14.7 Å². The van der Waals surface area contributed by atoms with Gasteiger partial charge in [-0.3, -0.25) is 9.59 Å². The topological polar surface area (TPSA) is 117 Å². The van der Waals surface area contributed by atoms with Gasteiger partial charge in [-0.2, -0.15) is 0 Å². The number of fused-ring (bicyclic) bond motifs is 2. The van der Waals surface area contributed by atoms with Gasteiger partial charge in [0.1, 0.15) is 11.3 Å². The Kier molecular flexibility index (Phi) is 5.14. The molecular formula is C21H21ClN6O3. The van der Waals surface area contributed by atoms with Crippen molar-refractivity contribution in [2.75, 3.05) is 14.1 Å². The van der Waals surface area contributed by atoms with E-state index in [4.69, 9.17) is 16.6 Å². The fourth-order valence-corrected chi connectivity index (χ4v) is 3.65. The summed E-state index contributed by atoms with van der Waals surface area (Å²) in [5.74, 6) is -1.41. The van der Waals surface area contributed by atoms with E-state index >= 15 is 0 Å². The second-order valence-electron chi connectivity index (χ2n) is 7.70. The molecule has 10 heteroatoms. The Morgan fingerprint density at radius 2 is 1.94 bits per heavy atom. The molecular weight excluding hydrogens is 420 g/mol. The minimum atomic E-state index is -0.929. The minimum Gasteiger partial charge on any atom is -0.481 e. The van der Waals surface area contributed by atoms with Crippen LogP contribution in [0.4, 0.5) is 0 Å². The Morgan fingerprint density at radius 3 is 2.61 bits per heavy atom. The fourth-order valence-electron chi connectivity index (χ4n) is 3.49. The highest BCUT2D eigenvalue weighted by atomic mass is 35.5. The van der Waals surface area contributed by atoms with Crippen LogP contribution in [0.5, 0.6) is 0 Å². The SMILES string of the molecule is C[C@H]([C@@H](C)C(=O)O)n1cc(C(=O)N(C)C)c2cnc(-c3c[nH]c4ncc(Cl)cc34)nc21. The standard InChI is InChI=1S/C21H21ClN6O3/c1-10(21(30)31)11(2)28-9-16(20(29)27(3)4)15-8-25-18(26-19(15)28)14-7-24-17-13(14)5-12(22)6-23-17/h5-11H,1-4H3,(H,23,24)(H,30,31)/t10-,11-/m1/s1. The van der Waals surface area contributed by atoms with E-state index in [1.807, 2.05) is 0 Å². The Balaban J connectivity index is 1.95. The molecule has 4 heterocycles. The lowest BCUT2D eigenvalue weighted by Gasteiger charge is -2.18. The molecule has 0 saturated carbocycles. The number of carbonyl (C=O) groups is 2. The average Bonchev–Trinajstić information content (AvgIpc) is 3.32. The smallest absolute Gasteiger partial charge is 0.308 e. The van der Waals surface area contributed by atoms with Crippen LogP contribution in [0.25, 0.3) is 33.5 Å². The maximum atomic E-state index is 12.7. The first-order chi connectivity index (χ1) is 14.7. The molecule has 0 saturated heterocycles. The van der Waals surface area contributed by atoms with Gasteiger partial charge in [-0.1, -0.05) is 11.6 Å². The summed E-state index contributed by atoms with van der Waals surface area (Å²) < 4.78 is 1.73. The van der Waals surface area contributed by atoms with Gasteiger partial charge in [0.05, 0.1) is 21.9 Å². The summed E-state index contributed by atoms with van der Waals surface area (Å²) in [6.45, 7) is 3.42. The van der Waals surface area contributed by atoms with Crippen LogP contribution >= 0.6 is 11.6 Å². The van der Waals surface area contributed by atoms with Crippen LogP contribution < -0.4 is 0 Å². The molecule has 0 radical (unpaired) electrons. The van der Waals surface area contributed by atoms with Gasteiger partial charge in [-0.25, -0.2) is 15.0 Å². The summed E-state index contributed by atoms with van der Waals surface area (Å²) in [4.78, 5) is 42.3. The number of aromatic nitrogens is 5. The zero-order chi connectivity index (χ0) is 22.4. The van der Waals surface area contributed by atoms with E-state index in [9.17, 15) is 14.7 Å². The first-order valence-corrected chi connectivity index (χ1v) is 10.0. The van der Waals surface area contributed by atoms with E-state index in [0.29, 0.717) is 38.7 Å². The van der Waals surface area contributed by atoms with E-state index in [0.717, 1.165) is 5.39 Å². The van der Waals surface area contributed by atoms with Crippen molar-refractivity contribution in [1.82, 2.24) is 29.4 Å². The molecule has 4 aromatic rings. The quantitative estimate of drug-likeness (QED) is 0.489. The Morgan fingerprint density at radius 1 is 1.19 bits per heavy atom. The van der Waals surface area contributed by atoms with Crippen molar-refractivity contribution in [2.45, 2.75) is 19.9 Å². The molecule has 0 aliphatic rings. The Bertz CT molecular complexity index is 1330. The number of halogens is 1. The number of pyridine rings is 1. The molecule has 9 nitrogen and oxygen atoms in total. The number of aromatic amines is 1. The molecule has 1 amide bonds. The predicted molar refractivity (Wildman–Crippen MR) is 117 cm³/mol. The second-order valence-corrected chi connectivity index (χ2v) is 8.14. The number of hydrogen-bond donors (Lipinski definition) is 2. The number of carboxylic acid groups (broad SMARTS) is 1. The predicted octanol–water partition coefficient (Wildman–Crippen LogP) is 3.61. The summed E-state index contributed by atoms with van der Waals surface area (Å²) in [6.07, 6.45) is 6.55. The van der Waals surface area contributed by atoms with Crippen LogP contribution in [0.2, 0.25) is 5.02 Å². The van der Waals surface area contributed by atoms with Gasteiger partial charge in [0.2, 0.25) is 0 Å². The number of carbonyl (C=O) groups excluding carboxylic acids is 1. The minimum absolute atomic E-state index is 0.210. The number of rotatable bonds is 5. The van der Waals surface area contributed by atoms with E-state index in [1.54, 1.807) is 63.4 Å². The molecule has 160 valence electrons. The zero-order valence-electron chi connectivity index (χ0n) is 17.4. The molecule has 4 aromatic heterocycles. The Hall–Kier alpha value is -3.46. The summed E-state index contributed by atoms with van der Waals surface area (Å²) in [5.41, 5.74) is 2.26. The highest BCUT2D eigenvalue weighted by molar-refractivity contribution is 6.31. The summed E-state index contributed by atoms with van der Waals surface area (Å²) >= 11 is 6.11. The van der Waals surface area contributed by atoms with Crippen LogP contribution in [0.1, 0.15) is 30.2 Å². The first kappa shape index (κ1) is 20.8. The Labute approximate surface area is 182 Å². The lowest BCUT2D eigenvalue weighted by Crippen LogP contribution is -2.22. The third-order valence-electron chi connectivity index (χ3n) is 5.50. The number of carboxylic acids is 1. The largest absolute Gasteiger partial charge is 0.481 e. The normalized spacial score (nSPS) is 13.5. The van der Waals surface area contributed by atoms with Gasteiger partial charge in [0.25, 0.3) is 5.91 Å². The lowest BCUT2D eigenvalue weighted by molar-refractivity contribution is -0.142. The number of hydrogen-bond acceptors (Lipinski definition) is 5. The third kappa shape index (κ3) is 3.50. The fraction of sp³-hybridized carbons (Fsp3) is 0.286. The van der Waals surface area contributed by atoms with Crippen LogP contribution in [-0.4, -0.2) is 60.5 Å². The zero-order valence-corrected chi connectivity index (χ0v) is 18.2. The number of nitrogens with zero attached hydrogens (tertiary/aromatic N) is 5. The highest BCUT2D eigenvalue weighted by Crippen LogP contribution is 2.31. The van der Waals surface area contributed by atoms with E-state index in [1.165, 1.54) is 4.90 Å². The van der Waals surface area contributed by atoms with E-state index in [2.05, 4.69) is 15.0 Å². The highest BCUT2D eigenvalue weighted by Gasteiger charge is 2.26. The molecule has 0 bridgehead atoms. The number of H-pyrrole nitrogens is 1. The van der Waals surface area contributed by atoms with E-state index < -0.39 is 17.9 Å². The molecule has 0 unspecified atom stereocenters. The van der Waals surface area contributed by atoms with Crippen LogP contribution in [-0.2, 0) is 4.79 Å². The number of nitrogens with one attached hydrogen (secondary N) is 1. The van der Waals surface area contributed by atoms with Gasteiger partial charge >= 0.3 is 5.97 Å². The summed E-state index contributed by atoms with van der Waals surface area (Å²) in [7, 11) is 3.32. The number of amides is 1. The van der Waals surface area contributed by atoms with Crippen LogP contribution in [0, 0.1) is 5.92 Å². The summed E-state index contributed by atoms with van der Waals surface area (Å²) in [6, 6.07) is 1.34. The molecule has 4 rings (SSSR count). The molecule has 0 aliphatic carbocycles. The average molecular weight is 441 g/mol. The van der Waals surface area contributed by atoms with Gasteiger partial charge < -0.3 is 19.6 Å². The molecule has 0 aromatic carbocycles. The second kappa shape index (κ2) is 7.66. The third-order valence-corrected chi connectivity index (χ3v) is 5.71. The van der Waals surface area contributed by atoms with Crippen molar-refractivity contribution in [2.24, 2.45) is 5.92 Å². The van der Waals surface area contributed by atoms with Gasteiger partial charge in [-0.05, 0) is 19.9 Å². The van der Waals surface area contributed by atoms with Crippen molar-refractivity contribution in [3.8, 4) is 11.4 Å². The maximum absolute atomic E-state index is 12.7. The molecule has 31 heavy (non-hydrogen) atoms. The number of aliphatic carboxylic acids is 1. The van der Waals surface area contributed by atoms with Crippen LogP contribution in [0.3, 0.4) is 0 Å². The summed E-state index contributed by atoms with van der Waals surface area (Å²) in [5, 5.41) is 11.3. The molecule has 2 atom stereocenters. The van der Waals surface area contributed by atoms with Crippen LogP contribution in [0.15, 0.2) is 30.9 Å². The molecule has 0 aliphatic heterocycles. The lowest BCUT2D eigenvalue weighted by atomic mass is 10.0. The van der Waals surface area contributed by atoms with Gasteiger partial charge in [-0.15, -0.1) is 0 Å².